The Hall–Kier alpha value is -2.13. The van der Waals surface area contributed by atoms with Crippen molar-refractivity contribution in [1.29, 1.82) is 0 Å². The molecule has 0 aromatic heterocycles. The quantitative estimate of drug-likeness (QED) is 0.709. The predicted octanol–water partition coefficient (Wildman–Crippen LogP) is 4.14. The zero-order valence-corrected chi connectivity index (χ0v) is 19.0. The van der Waals surface area contributed by atoms with E-state index in [0.717, 1.165) is 0 Å². The lowest BCUT2D eigenvalue weighted by Gasteiger charge is -2.43. The molecular weight excluding hydrogens is 463 g/mol. The van der Waals surface area contributed by atoms with E-state index in [1.165, 1.54) is 29.4 Å². The zero-order valence-electron chi connectivity index (χ0n) is 16.7. The summed E-state index contributed by atoms with van der Waals surface area (Å²) in [4.78, 5) is 24.0. The van der Waals surface area contributed by atoms with Crippen molar-refractivity contribution in [3.05, 3.63) is 52.0 Å². The number of carbonyl (C=O) groups is 2. The van der Waals surface area contributed by atoms with E-state index in [-0.39, 0.29) is 41.1 Å². The monoisotopic (exact) mass is 482 g/mol. The molecule has 0 atom stereocenters. The van der Waals surface area contributed by atoms with Gasteiger partial charge in [0.1, 0.15) is 11.4 Å². The van der Waals surface area contributed by atoms with E-state index in [9.17, 15) is 18.0 Å². The number of ether oxygens (including phenoxy) is 1. The first-order valence-corrected chi connectivity index (χ1v) is 11.9. The zero-order chi connectivity index (χ0) is 22.4. The van der Waals surface area contributed by atoms with Gasteiger partial charge in [-0.05, 0) is 36.4 Å². The number of carbonyl (C=O) groups excluding carboxylic acids is 2. The van der Waals surface area contributed by atoms with Gasteiger partial charge in [-0.25, -0.2) is 8.42 Å². The molecular formula is C21H20Cl2N2O5S. The third-order valence-corrected chi connectivity index (χ3v) is 7.97. The van der Waals surface area contributed by atoms with Gasteiger partial charge in [-0.3, -0.25) is 9.59 Å². The number of ketones is 1. The Kier molecular flexibility index (Phi) is 5.76. The van der Waals surface area contributed by atoms with Gasteiger partial charge in [-0.2, -0.15) is 4.31 Å². The molecule has 1 N–H and O–H groups in total. The Morgan fingerprint density at radius 3 is 2.39 bits per heavy atom. The minimum absolute atomic E-state index is 0.115. The molecule has 1 fully saturated rings. The highest BCUT2D eigenvalue weighted by atomic mass is 35.5. The van der Waals surface area contributed by atoms with Crippen LogP contribution in [0.1, 0.15) is 36.5 Å². The van der Waals surface area contributed by atoms with Crippen LogP contribution in [0.3, 0.4) is 0 Å². The average molecular weight is 483 g/mol. The number of hydrogen-bond acceptors (Lipinski definition) is 5. The highest BCUT2D eigenvalue weighted by molar-refractivity contribution is 7.89. The molecule has 0 radical (unpaired) electrons. The van der Waals surface area contributed by atoms with Gasteiger partial charge in [0.15, 0.2) is 5.78 Å². The summed E-state index contributed by atoms with van der Waals surface area (Å²) in [7, 11) is -3.71. The first-order valence-electron chi connectivity index (χ1n) is 9.69. The minimum Gasteiger partial charge on any atom is -0.484 e. The van der Waals surface area contributed by atoms with Crippen LogP contribution in [0.25, 0.3) is 0 Å². The van der Waals surface area contributed by atoms with Crippen LogP contribution < -0.4 is 10.1 Å². The molecule has 2 aromatic rings. The number of piperidine rings is 1. The summed E-state index contributed by atoms with van der Waals surface area (Å²) in [5, 5.41) is 3.24. The van der Waals surface area contributed by atoms with Crippen LogP contribution >= 0.6 is 23.2 Å². The molecule has 10 heteroatoms. The molecule has 2 aliphatic rings. The Morgan fingerprint density at radius 1 is 1.13 bits per heavy atom. The fourth-order valence-electron chi connectivity index (χ4n) is 3.99. The first-order chi connectivity index (χ1) is 14.6. The average Bonchev–Trinajstić information content (AvgIpc) is 2.69. The van der Waals surface area contributed by atoms with Gasteiger partial charge in [0.25, 0.3) is 0 Å². The fraction of sp³-hybridized carbons (Fsp3) is 0.333. The molecule has 1 spiro atoms. The molecule has 0 saturated carbocycles. The van der Waals surface area contributed by atoms with E-state index in [4.69, 9.17) is 27.9 Å². The summed E-state index contributed by atoms with van der Waals surface area (Å²) < 4.78 is 33.6. The number of benzene rings is 2. The number of sulfonamides is 1. The minimum atomic E-state index is -3.71. The molecule has 0 unspecified atom stereocenters. The lowest BCUT2D eigenvalue weighted by molar-refractivity contribution is -0.114. The van der Waals surface area contributed by atoms with Crippen molar-refractivity contribution in [2.24, 2.45) is 0 Å². The predicted molar refractivity (Wildman–Crippen MR) is 118 cm³/mol. The number of amides is 1. The van der Waals surface area contributed by atoms with Gasteiger partial charge in [0, 0.05) is 43.6 Å². The Labute approximate surface area is 190 Å². The van der Waals surface area contributed by atoms with Crippen molar-refractivity contribution >= 4 is 50.6 Å². The van der Waals surface area contributed by atoms with Crippen molar-refractivity contribution < 1.29 is 22.7 Å². The van der Waals surface area contributed by atoms with Gasteiger partial charge in [0.05, 0.1) is 21.9 Å². The maximum absolute atomic E-state index is 13.0. The summed E-state index contributed by atoms with van der Waals surface area (Å²) >= 11 is 12.2. The Balaban J connectivity index is 1.50. The van der Waals surface area contributed by atoms with Crippen LogP contribution in [0.5, 0.6) is 5.75 Å². The van der Waals surface area contributed by atoms with Crippen LogP contribution in [0.4, 0.5) is 5.69 Å². The molecule has 2 aliphatic heterocycles. The van der Waals surface area contributed by atoms with Gasteiger partial charge < -0.3 is 10.1 Å². The number of nitrogens with one attached hydrogen (secondary N) is 1. The highest BCUT2D eigenvalue weighted by Crippen LogP contribution is 2.44. The highest BCUT2D eigenvalue weighted by Gasteiger charge is 2.45. The molecule has 2 aromatic carbocycles. The maximum Gasteiger partial charge on any atom is 0.243 e. The molecule has 0 aliphatic carbocycles. The van der Waals surface area contributed by atoms with Gasteiger partial charge in [-0.1, -0.05) is 23.2 Å². The van der Waals surface area contributed by atoms with E-state index >= 15 is 0 Å². The van der Waals surface area contributed by atoms with E-state index in [1.54, 1.807) is 18.2 Å². The van der Waals surface area contributed by atoms with Crippen LogP contribution in [-0.4, -0.2) is 43.1 Å². The van der Waals surface area contributed by atoms with Gasteiger partial charge >= 0.3 is 0 Å². The third-order valence-electron chi connectivity index (χ3n) is 5.56. The van der Waals surface area contributed by atoms with Crippen molar-refractivity contribution in [3.8, 4) is 5.75 Å². The summed E-state index contributed by atoms with van der Waals surface area (Å²) in [6.45, 7) is 1.81. The summed E-state index contributed by atoms with van der Waals surface area (Å²) in [6.07, 6.45) is 0.872. The van der Waals surface area contributed by atoms with E-state index in [1.807, 2.05) is 0 Å². The number of fused-ring (bicyclic) bond motifs is 1. The summed E-state index contributed by atoms with van der Waals surface area (Å²) in [5.74, 6) is -0.0365. The molecule has 1 saturated heterocycles. The van der Waals surface area contributed by atoms with E-state index in [2.05, 4.69) is 5.32 Å². The normalized spacial score (nSPS) is 18.4. The topological polar surface area (TPSA) is 92.8 Å². The molecule has 164 valence electrons. The largest absolute Gasteiger partial charge is 0.484 e. The van der Waals surface area contributed by atoms with Crippen LogP contribution in [0.2, 0.25) is 10.0 Å². The number of hydrogen-bond donors (Lipinski definition) is 1. The second-order valence-corrected chi connectivity index (χ2v) is 10.5. The third kappa shape index (κ3) is 4.30. The lowest BCUT2D eigenvalue weighted by Crippen LogP contribution is -2.52. The van der Waals surface area contributed by atoms with Gasteiger partial charge in [-0.15, -0.1) is 0 Å². The molecule has 1 amide bonds. The molecule has 4 rings (SSSR count). The summed E-state index contributed by atoms with van der Waals surface area (Å²) in [5.41, 5.74) is 0.0919. The number of Topliss-reactive ketones (excluding diaryl/α,β-unsaturated/α-hetero) is 1. The molecule has 0 bridgehead atoms. The van der Waals surface area contributed by atoms with Crippen molar-refractivity contribution in [2.45, 2.75) is 36.7 Å². The van der Waals surface area contributed by atoms with E-state index < -0.39 is 15.6 Å². The Morgan fingerprint density at radius 2 is 1.77 bits per heavy atom. The van der Waals surface area contributed by atoms with Crippen molar-refractivity contribution in [1.82, 2.24) is 4.31 Å². The van der Waals surface area contributed by atoms with Gasteiger partial charge in [0.2, 0.25) is 15.9 Å². The molecule has 31 heavy (non-hydrogen) atoms. The maximum atomic E-state index is 13.0. The number of anilines is 1. The standard InChI is InChI=1S/C21H20Cl2N2O5S/c1-13(26)24-15-2-4-16(5-3-15)31(28,29)25-8-6-21(7-9-25)12-19(27)17-10-14(22)11-18(23)20(17)30-21/h2-5,10-11H,6-9,12H2,1H3,(H,24,26). The van der Waals surface area contributed by atoms with Crippen molar-refractivity contribution in [3.63, 3.8) is 0 Å². The molecule has 2 heterocycles. The van der Waals surface area contributed by atoms with Crippen LogP contribution in [-0.2, 0) is 14.8 Å². The second kappa shape index (κ2) is 8.09. The second-order valence-electron chi connectivity index (χ2n) is 7.76. The van der Waals surface area contributed by atoms with Crippen molar-refractivity contribution in [2.75, 3.05) is 18.4 Å². The number of rotatable bonds is 3. The lowest BCUT2D eigenvalue weighted by atomic mass is 9.83. The van der Waals surface area contributed by atoms with E-state index in [0.29, 0.717) is 34.9 Å². The Bertz CT molecular complexity index is 1160. The van der Waals surface area contributed by atoms with Crippen LogP contribution in [0, 0.1) is 0 Å². The summed E-state index contributed by atoms with van der Waals surface area (Å²) in [6, 6.07) is 9.09. The number of halogens is 2. The molecule has 7 nitrogen and oxygen atoms in total. The van der Waals surface area contributed by atoms with Crippen LogP contribution in [0.15, 0.2) is 41.3 Å². The number of nitrogens with zero attached hydrogens (tertiary/aromatic N) is 1. The first kappa shape index (κ1) is 22.1. The smallest absolute Gasteiger partial charge is 0.243 e. The SMILES string of the molecule is CC(=O)Nc1ccc(S(=O)(=O)N2CCC3(CC2)CC(=O)c2cc(Cl)cc(Cl)c2O3)cc1. The fourth-order valence-corrected chi connectivity index (χ4v) is 5.96.